The summed E-state index contributed by atoms with van der Waals surface area (Å²) in [6.07, 6.45) is 0. The van der Waals surface area contributed by atoms with Crippen LogP contribution in [0.25, 0.3) is 0 Å². The van der Waals surface area contributed by atoms with Gasteiger partial charge in [0.25, 0.3) is 0 Å². The number of piperazine rings is 1. The molecule has 1 atom stereocenters. The topological polar surface area (TPSA) is 69.8 Å². The second kappa shape index (κ2) is 7.91. The zero-order valence-electron chi connectivity index (χ0n) is 17.0. The van der Waals surface area contributed by atoms with Crippen LogP contribution in [0.5, 0.6) is 5.75 Å². The largest absolute Gasteiger partial charge is 0.508 e. The summed E-state index contributed by atoms with van der Waals surface area (Å²) >= 11 is 0. The molecule has 1 aliphatic rings. The second-order valence-electron chi connectivity index (χ2n) is 8.41. The van der Waals surface area contributed by atoms with E-state index in [1.807, 2.05) is 42.5 Å². The predicted molar refractivity (Wildman–Crippen MR) is 110 cm³/mol. The molecule has 3 N–H and O–H groups in total. The van der Waals surface area contributed by atoms with Gasteiger partial charge in [-0.3, -0.25) is 9.69 Å². The molecule has 1 unspecified atom stereocenters. The first-order valence-electron chi connectivity index (χ1n) is 9.64. The second-order valence-corrected chi connectivity index (χ2v) is 8.41. The van der Waals surface area contributed by atoms with Gasteiger partial charge in [0.05, 0.1) is 33.7 Å². The van der Waals surface area contributed by atoms with Crippen molar-refractivity contribution in [3.63, 3.8) is 0 Å². The molecule has 28 heavy (non-hydrogen) atoms. The first kappa shape index (κ1) is 20.3. The molecular weight excluding hydrogens is 352 g/mol. The third-order valence-electron chi connectivity index (χ3n) is 5.63. The number of phenolic OH excluding ortho intramolecular Hbond substituents is 1. The number of carbonyl (C=O) groups is 1. The Balaban J connectivity index is 1.77. The third-order valence-corrected chi connectivity index (χ3v) is 5.63. The van der Waals surface area contributed by atoms with Gasteiger partial charge in [-0.05, 0) is 11.6 Å². The van der Waals surface area contributed by atoms with Crippen molar-refractivity contribution in [2.75, 3.05) is 47.3 Å². The number of nitrogens with zero attached hydrogens (tertiary/aromatic N) is 3. The Morgan fingerprint density at radius 2 is 1.82 bits per heavy atom. The molecule has 1 fully saturated rings. The van der Waals surface area contributed by atoms with Gasteiger partial charge in [-0.15, -0.1) is 0 Å². The van der Waals surface area contributed by atoms with Crippen molar-refractivity contribution in [3.05, 3.63) is 65.7 Å². The molecule has 6 nitrogen and oxygen atoms in total. The summed E-state index contributed by atoms with van der Waals surface area (Å²) in [7, 11) is 6.11. The number of nitrogens with two attached hydrogens (primary N) is 1. The predicted octanol–water partition coefficient (Wildman–Crippen LogP) is 1.55. The Morgan fingerprint density at radius 3 is 2.50 bits per heavy atom. The van der Waals surface area contributed by atoms with E-state index >= 15 is 0 Å². The van der Waals surface area contributed by atoms with E-state index in [1.165, 1.54) is 0 Å². The number of quaternary nitrogens is 1. The number of phenols is 1. The lowest BCUT2D eigenvalue weighted by atomic mass is 9.94. The van der Waals surface area contributed by atoms with E-state index in [4.69, 9.17) is 5.73 Å². The number of carbonyl (C=O) groups excluding carboxylic acids is 1. The number of rotatable bonds is 5. The molecule has 0 radical (unpaired) electrons. The van der Waals surface area contributed by atoms with Crippen LogP contribution in [-0.4, -0.2) is 72.6 Å². The minimum absolute atomic E-state index is 0.0128. The van der Waals surface area contributed by atoms with Gasteiger partial charge in [0.15, 0.2) is 0 Å². The fourth-order valence-electron chi connectivity index (χ4n) is 3.92. The van der Waals surface area contributed by atoms with E-state index in [0.717, 1.165) is 35.2 Å². The van der Waals surface area contributed by atoms with E-state index in [1.54, 1.807) is 24.1 Å². The van der Waals surface area contributed by atoms with Crippen LogP contribution in [0.4, 0.5) is 0 Å². The average Bonchev–Trinajstić information content (AvgIpc) is 2.66. The van der Waals surface area contributed by atoms with Crippen molar-refractivity contribution in [1.82, 2.24) is 9.80 Å². The van der Waals surface area contributed by atoms with E-state index in [-0.39, 0.29) is 18.2 Å². The van der Waals surface area contributed by atoms with E-state index in [2.05, 4.69) is 19.0 Å². The Morgan fingerprint density at radius 1 is 1.18 bits per heavy atom. The summed E-state index contributed by atoms with van der Waals surface area (Å²) in [6.45, 7) is 3.02. The fourth-order valence-corrected chi connectivity index (χ4v) is 3.92. The molecule has 0 bridgehead atoms. The maximum Gasteiger partial charge on any atom is 0.236 e. The summed E-state index contributed by atoms with van der Waals surface area (Å²) in [5.74, 6) is 0.192. The lowest BCUT2D eigenvalue weighted by Gasteiger charge is -2.50. The molecular formula is C22H31N4O2+. The standard InChI is InChI=1S/C22H30N4O2/c1-24(15-18-9-7-8-12-20(18)27)21(28)16-25-13-14-26(2,3)17-22(25,23)19-10-5-4-6-11-19/h4-12H,13-17,23H2,1-3H3/p+1. The van der Waals surface area contributed by atoms with Gasteiger partial charge in [0.1, 0.15) is 18.0 Å². The van der Waals surface area contributed by atoms with Crippen molar-refractivity contribution in [1.29, 1.82) is 0 Å². The zero-order valence-corrected chi connectivity index (χ0v) is 17.0. The number of hydrogen-bond donors (Lipinski definition) is 2. The molecule has 0 spiro atoms. The van der Waals surface area contributed by atoms with Gasteiger partial charge in [0.2, 0.25) is 5.91 Å². The lowest BCUT2D eigenvalue weighted by molar-refractivity contribution is -0.902. The summed E-state index contributed by atoms with van der Waals surface area (Å²) < 4.78 is 0.809. The molecule has 1 heterocycles. The number of hydrogen-bond acceptors (Lipinski definition) is 4. The van der Waals surface area contributed by atoms with Crippen LogP contribution in [0, 0.1) is 0 Å². The van der Waals surface area contributed by atoms with Crippen molar-refractivity contribution in [2.45, 2.75) is 12.2 Å². The first-order chi connectivity index (χ1) is 13.2. The SMILES string of the molecule is CN(Cc1ccccc1O)C(=O)CN1CC[N+](C)(C)CC1(N)c1ccccc1. The quantitative estimate of drug-likeness (QED) is 0.769. The van der Waals surface area contributed by atoms with Crippen LogP contribution in [0.15, 0.2) is 54.6 Å². The molecule has 3 rings (SSSR count). The molecule has 0 saturated carbocycles. The number of amides is 1. The van der Waals surface area contributed by atoms with Crippen LogP contribution in [0.2, 0.25) is 0 Å². The van der Waals surface area contributed by atoms with Crippen molar-refractivity contribution < 1.29 is 14.4 Å². The summed E-state index contributed by atoms with van der Waals surface area (Å²) in [6, 6.07) is 17.1. The molecule has 150 valence electrons. The van der Waals surface area contributed by atoms with Crippen LogP contribution in [0.1, 0.15) is 11.1 Å². The number of likely N-dealkylation sites (N-methyl/N-ethyl adjacent to an activating group) is 2. The maximum absolute atomic E-state index is 12.9. The van der Waals surface area contributed by atoms with Crippen LogP contribution in [-0.2, 0) is 17.0 Å². The van der Waals surface area contributed by atoms with E-state index in [9.17, 15) is 9.90 Å². The average molecular weight is 384 g/mol. The van der Waals surface area contributed by atoms with Gasteiger partial charge in [-0.25, -0.2) is 0 Å². The molecule has 1 aliphatic heterocycles. The first-order valence-corrected chi connectivity index (χ1v) is 9.64. The molecule has 2 aromatic rings. The highest BCUT2D eigenvalue weighted by molar-refractivity contribution is 5.78. The molecule has 0 aliphatic carbocycles. The van der Waals surface area contributed by atoms with E-state index < -0.39 is 5.66 Å². The summed E-state index contributed by atoms with van der Waals surface area (Å²) in [5.41, 5.74) is 7.98. The Hall–Kier alpha value is -2.41. The van der Waals surface area contributed by atoms with Gasteiger partial charge in [-0.2, -0.15) is 0 Å². The number of para-hydroxylation sites is 1. The summed E-state index contributed by atoms with van der Waals surface area (Å²) in [4.78, 5) is 16.7. The van der Waals surface area contributed by atoms with Crippen molar-refractivity contribution in [2.24, 2.45) is 5.73 Å². The Bertz CT molecular complexity index is 824. The molecule has 1 amide bonds. The van der Waals surface area contributed by atoms with Crippen LogP contribution in [0.3, 0.4) is 0 Å². The molecule has 6 heteroatoms. The third kappa shape index (κ3) is 4.35. The van der Waals surface area contributed by atoms with Gasteiger partial charge < -0.3 is 20.2 Å². The highest BCUT2D eigenvalue weighted by Gasteiger charge is 2.45. The Labute approximate surface area is 167 Å². The lowest BCUT2D eigenvalue weighted by Crippen LogP contribution is -2.70. The van der Waals surface area contributed by atoms with Gasteiger partial charge in [-0.1, -0.05) is 48.5 Å². The van der Waals surface area contributed by atoms with Gasteiger partial charge >= 0.3 is 0 Å². The molecule has 1 saturated heterocycles. The van der Waals surface area contributed by atoms with Crippen LogP contribution >= 0.6 is 0 Å². The normalized spacial score (nSPS) is 22.0. The highest BCUT2D eigenvalue weighted by Crippen LogP contribution is 2.29. The molecule has 2 aromatic carbocycles. The van der Waals surface area contributed by atoms with Gasteiger partial charge in [0, 0.05) is 19.2 Å². The minimum atomic E-state index is -0.700. The van der Waals surface area contributed by atoms with Crippen LogP contribution < -0.4 is 5.73 Å². The number of benzene rings is 2. The smallest absolute Gasteiger partial charge is 0.236 e. The van der Waals surface area contributed by atoms with E-state index in [0.29, 0.717) is 6.54 Å². The van der Waals surface area contributed by atoms with Crippen molar-refractivity contribution >= 4 is 5.91 Å². The molecule has 0 aromatic heterocycles. The maximum atomic E-state index is 12.9. The monoisotopic (exact) mass is 383 g/mol. The Kier molecular flexibility index (Phi) is 5.74. The zero-order chi connectivity index (χ0) is 20.4. The minimum Gasteiger partial charge on any atom is -0.508 e. The van der Waals surface area contributed by atoms with Crippen molar-refractivity contribution in [3.8, 4) is 5.75 Å². The summed E-state index contributed by atoms with van der Waals surface area (Å²) in [5, 5.41) is 9.98. The highest BCUT2D eigenvalue weighted by atomic mass is 16.3. The number of aromatic hydroxyl groups is 1. The fraction of sp³-hybridized carbons (Fsp3) is 0.409.